The molecular formula is C19H32FIN4O. The maximum absolute atomic E-state index is 13.7. The summed E-state index contributed by atoms with van der Waals surface area (Å²) in [4.78, 5) is 6.93. The minimum absolute atomic E-state index is 0. The van der Waals surface area contributed by atoms with Crippen LogP contribution in [-0.4, -0.2) is 54.7 Å². The molecule has 1 aliphatic rings. The predicted octanol–water partition coefficient (Wildman–Crippen LogP) is 2.91. The smallest absolute Gasteiger partial charge is 0.191 e. The molecule has 1 aromatic carbocycles. The van der Waals surface area contributed by atoms with Crippen molar-refractivity contribution in [1.82, 2.24) is 15.5 Å². The van der Waals surface area contributed by atoms with E-state index in [4.69, 9.17) is 0 Å². The molecule has 1 saturated heterocycles. The van der Waals surface area contributed by atoms with Crippen LogP contribution in [0.4, 0.5) is 4.39 Å². The lowest BCUT2D eigenvalue weighted by Gasteiger charge is -2.32. The molecule has 1 unspecified atom stereocenters. The minimum atomic E-state index is -0.942. The predicted molar refractivity (Wildman–Crippen MR) is 116 cm³/mol. The van der Waals surface area contributed by atoms with Gasteiger partial charge in [-0.15, -0.1) is 24.0 Å². The van der Waals surface area contributed by atoms with E-state index in [1.54, 1.807) is 18.2 Å². The molecule has 0 bridgehead atoms. The molecule has 148 valence electrons. The number of halogens is 2. The van der Waals surface area contributed by atoms with Crippen LogP contribution in [0.3, 0.4) is 0 Å². The van der Waals surface area contributed by atoms with E-state index in [9.17, 15) is 9.50 Å². The summed E-state index contributed by atoms with van der Waals surface area (Å²) in [5, 5.41) is 16.9. The van der Waals surface area contributed by atoms with Crippen LogP contribution in [0.25, 0.3) is 0 Å². The van der Waals surface area contributed by atoms with Crippen LogP contribution < -0.4 is 10.6 Å². The van der Waals surface area contributed by atoms with Crippen molar-refractivity contribution in [2.75, 3.05) is 32.7 Å². The van der Waals surface area contributed by atoms with Crippen molar-refractivity contribution in [3.63, 3.8) is 0 Å². The van der Waals surface area contributed by atoms with Gasteiger partial charge in [0, 0.05) is 31.2 Å². The molecule has 1 heterocycles. The highest BCUT2D eigenvalue weighted by molar-refractivity contribution is 14.0. The Bertz CT molecular complexity index is 550. The lowest BCUT2D eigenvalue weighted by molar-refractivity contribution is 0.182. The number of hydrogen-bond donors (Lipinski definition) is 3. The molecule has 7 heteroatoms. The number of hydrogen-bond acceptors (Lipinski definition) is 3. The van der Waals surface area contributed by atoms with Crippen LogP contribution in [0.5, 0.6) is 0 Å². The van der Waals surface area contributed by atoms with Crippen LogP contribution in [-0.2, 0) is 0 Å². The Kier molecular flexibility index (Phi) is 11.1. The number of rotatable bonds is 7. The number of aliphatic imine (C=N–C) groups is 1. The molecule has 1 aliphatic heterocycles. The molecule has 26 heavy (non-hydrogen) atoms. The number of likely N-dealkylation sites (tertiary alicyclic amines) is 1. The molecule has 2 rings (SSSR count). The maximum Gasteiger partial charge on any atom is 0.191 e. The van der Waals surface area contributed by atoms with Gasteiger partial charge in [0.2, 0.25) is 0 Å². The van der Waals surface area contributed by atoms with Gasteiger partial charge in [-0.1, -0.05) is 25.1 Å². The first kappa shape index (κ1) is 23.1. The first-order chi connectivity index (χ1) is 12.1. The summed E-state index contributed by atoms with van der Waals surface area (Å²) in [5.74, 6) is 0.290. The van der Waals surface area contributed by atoms with Crippen LogP contribution in [0, 0.1) is 5.82 Å². The molecular weight excluding hydrogens is 446 g/mol. The topological polar surface area (TPSA) is 59.9 Å². The van der Waals surface area contributed by atoms with Crippen molar-refractivity contribution >= 4 is 29.9 Å². The minimum Gasteiger partial charge on any atom is -0.386 e. The monoisotopic (exact) mass is 478 g/mol. The second-order valence-corrected chi connectivity index (χ2v) is 6.52. The SMILES string of the molecule is CCCN1CCC(NC(=NCC(O)c2ccccc2F)NCC)CC1.I. The molecule has 0 amide bonds. The first-order valence-corrected chi connectivity index (χ1v) is 9.33. The number of nitrogens with one attached hydrogen (secondary N) is 2. The number of piperidine rings is 1. The van der Waals surface area contributed by atoms with Gasteiger partial charge in [0.25, 0.3) is 0 Å². The summed E-state index contributed by atoms with van der Waals surface area (Å²) in [7, 11) is 0. The van der Waals surface area contributed by atoms with E-state index in [0.717, 1.165) is 39.0 Å². The number of benzene rings is 1. The molecule has 1 atom stereocenters. The van der Waals surface area contributed by atoms with Gasteiger partial charge in [-0.25, -0.2) is 4.39 Å². The molecule has 5 nitrogen and oxygen atoms in total. The third kappa shape index (κ3) is 7.36. The Morgan fingerprint density at radius 2 is 2.00 bits per heavy atom. The summed E-state index contributed by atoms with van der Waals surface area (Å²) in [6, 6.07) is 6.68. The van der Waals surface area contributed by atoms with Gasteiger partial charge in [-0.05, 0) is 38.8 Å². The molecule has 0 saturated carbocycles. The lowest BCUT2D eigenvalue weighted by atomic mass is 10.1. The number of aliphatic hydroxyl groups excluding tert-OH is 1. The fourth-order valence-electron chi connectivity index (χ4n) is 3.15. The summed E-state index contributed by atoms with van der Waals surface area (Å²) >= 11 is 0. The second kappa shape index (κ2) is 12.5. The standard InChI is InChI=1S/C19H31FN4O.HI/c1-3-11-24-12-9-15(10-13-24)23-19(21-4-2)22-14-18(25)16-7-5-6-8-17(16)20;/h5-8,15,18,25H,3-4,9-14H2,1-2H3,(H2,21,22,23);1H. The number of aliphatic hydroxyl groups is 1. The van der Waals surface area contributed by atoms with Crippen molar-refractivity contribution in [2.45, 2.75) is 45.3 Å². The summed E-state index contributed by atoms with van der Waals surface area (Å²) in [6.45, 7) is 8.46. The highest BCUT2D eigenvalue weighted by Gasteiger charge is 2.19. The fourth-order valence-corrected chi connectivity index (χ4v) is 3.15. The Labute approximate surface area is 173 Å². The summed E-state index contributed by atoms with van der Waals surface area (Å²) < 4.78 is 13.7. The molecule has 0 spiro atoms. The highest BCUT2D eigenvalue weighted by atomic mass is 127. The second-order valence-electron chi connectivity index (χ2n) is 6.52. The Morgan fingerprint density at radius 1 is 1.31 bits per heavy atom. The third-order valence-electron chi connectivity index (χ3n) is 4.50. The molecule has 1 fully saturated rings. The van der Waals surface area contributed by atoms with E-state index >= 15 is 0 Å². The third-order valence-corrected chi connectivity index (χ3v) is 4.50. The molecule has 1 aromatic rings. The van der Waals surface area contributed by atoms with E-state index in [-0.39, 0.29) is 36.1 Å². The fraction of sp³-hybridized carbons (Fsp3) is 0.632. The van der Waals surface area contributed by atoms with Crippen molar-refractivity contribution in [2.24, 2.45) is 4.99 Å². The molecule has 0 radical (unpaired) electrons. The molecule has 3 N–H and O–H groups in total. The van der Waals surface area contributed by atoms with Crippen molar-refractivity contribution in [3.05, 3.63) is 35.6 Å². The zero-order valence-electron chi connectivity index (χ0n) is 15.7. The average Bonchev–Trinajstić information content (AvgIpc) is 2.62. The Hall–Kier alpha value is -0.930. The highest BCUT2D eigenvalue weighted by Crippen LogP contribution is 2.17. The molecule has 0 aromatic heterocycles. The first-order valence-electron chi connectivity index (χ1n) is 9.33. The van der Waals surface area contributed by atoms with Gasteiger partial charge in [0.1, 0.15) is 11.9 Å². The van der Waals surface area contributed by atoms with Gasteiger partial charge < -0.3 is 20.6 Å². The number of guanidine groups is 1. The van der Waals surface area contributed by atoms with Gasteiger partial charge in [-0.3, -0.25) is 4.99 Å². The summed E-state index contributed by atoms with van der Waals surface area (Å²) in [5.41, 5.74) is 0.287. The maximum atomic E-state index is 13.7. The van der Waals surface area contributed by atoms with E-state index in [2.05, 4.69) is 27.4 Å². The van der Waals surface area contributed by atoms with Crippen LogP contribution >= 0.6 is 24.0 Å². The van der Waals surface area contributed by atoms with E-state index in [1.807, 2.05) is 6.92 Å². The Balaban J connectivity index is 0.00000338. The van der Waals surface area contributed by atoms with Gasteiger partial charge in [-0.2, -0.15) is 0 Å². The van der Waals surface area contributed by atoms with E-state index in [1.165, 1.54) is 12.5 Å². The van der Waals surface area contributed by atoms with Crippen molar-refractivity contribution in [3.8, 4) is 0 Å². The van der Waals surface area contributed by atoms with Crippen LogP contribution in [0.15, 0.2) is 29.3 Å². The van der Waals surface area contributed by atoms with Crippen LogP contribution in [0.1, 0.15) is 44.8 Å². The van der Waals surface area contributed by atoms with Gasteiger partial charge >= 0.3 is 0 Å². The van der Waals surface area contributed by atoms with E-state index in [0.29, 0.717) is 12.0 Å². The normalized spacial score (nSPS) is 17.5. The zero-order valence-corrected chi connectivity index (χ0v) is 18.1. The largest absolute Gasteiger partial charge is 0.386 e. The quantitative estimate of drug-likeness (QED) is 0.321. The number of nitrogens with zero attached hydrogens (tertiary/aromatic N) is 2. The molecule has 0 aliphatic carbocycles. The lowest BCUT2D eigenvalue weighted by Crippen LogP contribution is -2.48. The van der Waals surface area contributed by atoms with Crippen molar-refractivity contribution in [1.29, 1.82) is 0 Å². The van der Waals surface area contributed by atoms with E-state index < -0.39 is 11.9 Å². The van der Waals surface area contributed by atoms with Gasteiger partial charge in [0.15, 0.2) is 5.96 Å². The Morgan fingerprint density at radius 3 is 2.62 bits per heavy atom. The van der Waals surface area contributed by atoms with Gasteiger partial charge in [0.05, 0.1) is 6.54 Å². The summed E-state index contributed by atoms with van der Waals surface area (Å²) in [6.07, 6.45) is 2.42. The zero-order chi connectivity index (χ0) is 18.1. The van der Waals surface area contributed by atoms with Crippen LogP contribution in [0.2, 0.25) is 0 Å². The average molecular weight is 478 g/mol. The van der Waals surface area contributed by atoms with Crippen molar-refractivity contribution < 1.29 is 9.50 Å².